The zero-order chi connectivity index (χ0) is 12.4. The molecule has 3 N–H and O–H groups in total. The topological polar surface area (TPSA) is 75.0 Å². The standard InChI is InChI=1S/C11H17IN4O/c1-16(8-4-2-3-7(8)5-13)10-9(12)11(17)15-6-14-10/h6-8H,2-5,13H2,1H3,(H,14,15,17). The highest BCUT2D eigenvalue weighted by Gasteiger charge is 2.31. The van der Waals surface area contributed by atoms with E-state index in [1.807, 2.05) is 29.6 Å². The summed E-state index contributed by atoms with van der Waals surface area (Å²) < 4.78 is 0.648. The van der Waals surface area contributed by atoms with Gasteiger partial charge in [-0.05, 0) is 47.9 Å². The van der Waals surface area contributed by atoms with Gasteiger partial charge >= 0.3 is 0 Å². The molecule has 0 aromatic carbocycles. The minimum atomic E-state index is -0.0789. The molecule has 1 saturated carbocycles. The predicted octanol–water partition coefficient (Wildman–Crippen LogP) is 0.938. The third kappa shape index (κ3) is 2.47. The first-order valence-corrected chi connectivity index (χ1v) is 6.89. The van der Waals surface area contributed by atoms with Crippen molar-refractivity contribution in [3.05, 3.63) is 20.3 Å². The fourth-order valence-corrected chi connectivity index (χ4v) is 3.25. The Hall–Kier alpha value is -0.630. The zero-order valence-electron chi connectivity index (χ0n) is 9.82. The molecule has 2 rings (SSSR count). The highest BCUT2D eigenvalue weighted by Crippen LogP contribution is 2.31. The Kier molecular flexibility index (Phi) is 4.03. The molecule has 1 aliphatic rings. The predicted molar refractivity (Wildman–Crippen MR) is 76.2 cm³/mol. The van der Waals surface area contributed by atoms with E-state index < -0.39 is 0 Å². The van der Waals surface area contributed by atoms with Crippen LogP contribution in [0.2, 0.25) is 0 Å². The van der Waals surface area contributed by atoms with Crippen molar-refractivity contribution in [1.82, 2.24) is 9.97 Å². The minimum absolute atomic E-state index is 0.0789. The van der Waals surface area contributed by atoms with Gasteiger partial charge in [-0.2, -0.15) is 0 Å². The van der Waals surface area contributed by atoms with Crippen molar-refractivity contribution in [2.24, 2.45) is 11.7 Å². The van der Waals surface area contributed by atoms with Crippen LogP contribution in [0.3, 0.4) is 0 Å². The Bertz CT molecular complexity index is 447. The number of aromatic amines is 1. The van der Waals surface area contributed by atoms with Crippen molar-refractivity contribution < 1.29 is 0 Å². The van der Waals surface area contributed by atoms with E-state index in [1.54, 1.807) is 0 Å². The average molecular weight is 348 g/mol. The van der Waals surface area contributed by atoms with E-state index in [0.29, 0.717) is 22.1 Å². The Morgan fingerprint density at radius 2 is 2.41 bits per heavy atom. The van der Waals surface area contributed by atoms with E-state index in [0.717, 1.165) is 12.2 Å². The molecular formula is C11H17IN4O. The summed E-state index contributed by atoms with van der Waals surface area (Å²) in [4.78, 5) is 20.5. The maximum absolute atomic E-state index is 11.6. The quantitative estimate of drug-likeness (QED) is 0.798. The maximum Gasteiger partial charge on any atom is 0.266 e. The number of aromatic nitrogens is 2. The molecule has 0 amide bonds. The second-order valence-electron chi connectivity index (χ2n) is 4.47. The van der Waals surface area contributed by atoms with Gasteiger partial charge in [-0.25, -0.2) is 4.98 Å². The molecule has 0 aliphatic heterocycles. The van der Waals surface area contributed by atoms with E-state index in [4.69, 9.17) is 5.73 Å². The van der Waals surface area contributed by atoms with E-state index in [9.17, 15) is 4.79 Å². The number of hydrogen-bond acceptors (Lipinski definition) is 4. The van der Waals surface area contributed by atoms with Crippen molar-refractivity contribution in [2.75, 3.05) is 18.5 Å². The van der Waals surface area contributed by atoms with Crippen LogP contribution in [-0.2, 0) is 0 Å². The molecule has 0 saturated heterocycles. The van der Waals surface area contributed by atoms with Gasteiger partial charge in [0, 0.05) is 13.1 Å². The molecule has 5 nitrogen and oxygen atoms in total. The third-order valence-electron chi connectivity index (χ3n) is 3.53. The van der Waals surface area contributed by atoms with Crippen LogP contribution in [0.25, 0.3) is 0 Å². The van der Waals surface area contributed by atoms with Gasteiger partial charge in [-0.1, -0.05) is 6.42 Å². The van der Waals surface area contributed by atoms with Gasteiger partial charge in [0.15, 0.2) is 0 Å². The molecule has 2 atom stereocenters. The highest BCUT2D eigenvalue weighted by atomic mass is 127. The SMILES string of the molecule is CN(c1nc[nH]c(=O)c1I)C1CCCC1CN. The Morgan fingerprint density at radius 3 is 3.12 bits per heavy atom. The molecule has 1 aromatic rings. The van der Waals surface area contributed by atoms with Crippen LogP contribution in [0, 0.1) is 9.49 Å². The molecule has 1 heterocycles. The lowest BCUT2D eigenvalue weighted by Crippen LogP contribution is -2.39. The number of nitrogens with zero attached hydrogens (tertiary/aromatic N) is 2. The largest absolute Gasteiger partial charge is 0.355 e. The number of nitrogens with two attached hydrogens (primary N) is 1. The van der Waals surface area contributed by atoms with Gasteiger partial charge in [-0.15, -0.1) is 0 Å². The fourth-order valence-electron chi connectivity index (χ4n) is 2.58. The first-order valence-electron chi connectivity index (χ1n) is 5.81. The number of rotatable bonds is 3. The first kappa shape index (κ1) is 12.8. The summed E-state index contributed by atoms with van der Waals surface area (Å²) in [7, 11) is 2.00. The smallest absolute Gasteiger partial charge is 0.266 e. The lowest BCUT2D eigenvalue weighted by molar-refractivity contribution is 0.471. The summed E-state index contributed by atoms with van der Waals surface area (Å²) in [5.41, 5.74) is 5.71. The summed E-state index contributed by atoms with van der Waals surface area (Å²) in [5.74, 6) is 1.27. The third-order valence-corrected chi connectivity index (χ3v) is 4.50. The lowest BCUT2D eigenvalue weighted by Gasteiger charge is -2.30. The highest BCUT2D eigenvalue weighted by molar-refractivity contribution is 14.1. The van der Waals surface area contributed by atoms with Gasteiger partial charge < -0.3 is 15.6 Å². The van der Waals surface area contributed by atoms with Gasteiger partial charge in [0.2, 0.25) is 0 Å². The van der Waals surface area contributed by atoms with Crippen LogP contribution in [0.15, 0.2) is 11.1 Å². The van der Waals surface area contributed by atoms with Gasteiger partial charge in [0.25, 0.3) is 5.56 Å². The number of nitrogens with one attached hydrogen (secondary N) is 1. The summed E-state index contributed by atoms with van der Waals surface area (Å²) >= 11 is 2.05. The summed E-state index contributed by atoms with van der Waals surface area (Å²) in [6, 6.07) is 0.405. The molecule has 94 valence electrons. The molecular weight excluding hydrogens is 331 g/mol. The lowest BCUT2D eigenvalue weighted by atomic mass is 10.0. The molecule has 1 aliphatic carbocycles. The molecule has 1 fully saturated rings. The van der Waals surface area contributed by atoms with Crippen LogP contribution in [-0.4, -0.2) is 29.6 Å². The number of hydrogen-bond donors (Lipinski definition) is 2. The Balaban J connectivity index is 2.27. The molecule has 0 bridgehead atoms. The normalized spacial score (nSPS) is 23.9. The molecule has 0 spiro atoms. The van der Waals surface area contributed by atoms with Crippen molar-refractivity contribution in [2.45, 2.75) is 25.3 Å². The monoisotopic (exact) mass is 348 g/mol. The number of anilines is 1. The van der Waals surface area contributed by atoms with Crippen LogP contribution >= 0.6 is 22.6 Å². The van der Waals surface area contributed by atoms with Crippen LogP contribution < -0.4 is 16.2 Å². The minimum Gasteiger partial charge on any atom is -0.355 e. The molecule has 6 heteroatoms. The van der Waals surface area contributed by atoms with Gasteiger partial charge in [0.05, 0.1) is 6.33 Å². The fraction of sp³-hybridized carbons (Fsp3) is 0.636. The second-order valence-corrected chi connectivity index (χ2v) is 5.55. The molecule has 17 heavy (non-hydrogen) atoms. The van der Waals surface area contributed by atoms with Crippen LogP contribution in [0.5, 0.6) is 0 Å². The van der Waals surface area contributed by atoms with E-state index in [-0.39, 0.29) is 5.56 Å². The van der Waals surface area contributed by atoms with E-state index >= 15 is 0 Å². The van der Waals surface area contributed by atoms with Crippen molar-refractivity contribution >= 4 is 28.4 Å². The Morgan fingerprint density at radius 1 is 1.65 bits per heavy atom. The molecule has 2 unspecified atom stereocenters. The van der Waals surface area contributed by atoms with E-state index in [1.165, 1.54) is 19.2 Å². The molecule has 1 aromatic heterocycles. The van der Waals surface area contributed by atoms with Crippen molar-refractivity contribution in [3.63, 3.8) is 0 Å². The second kappa shape index (κ2) is 5.34. The number of H-pyrrole nitrogens is 1. The zero-order valence-corrected chi connectivity index (χ0v) is 12.0. The summed E-state index contributed by atoms with van der Waals surface area (Å²) in [6.45, 7) is 0.703. The maximum atomic E-state index is 11.6. The molecule has 0 radical (unpaired) electrons. The Labute approximate surface area is 114 Å². The summed E-state index contributed by atoms with van der Waals surface area (Å²) in [5, 5.41) is 0. The first-order chi connectivity index (χ1) is 8.15. The van der Waals surface area contributed by atoms with Crippen molar-refractivity contribution in [1.29, 1.82) is 0 Å². The summed E-state index contributed by atoms with van der Waals surface area (Å²) in [6.07, 6.45) is 4.97. The van der Waals surface area contributed by atoms with Crippen molar-refractivity contribution in [3.8, 4) is 0 Å². The number of halogens is 1. The van der Waals surface area contributed by atoms with Crippen LogP contribution in [0.1, 0.15) is 19.3 Å². The van der Waals surface area contributed by atoms with Gasteiger partial charge in [0.1, 0.15) is 9.39 Å². The average Bonchev–Trinajstić information content (AvgIpc) is 2.80. The van der Waals surface area contributed by atoms with E-state index in [2.05, 4.69) is 14.9 Å². The van der Waals surface area contributed by atoms with Gasteiger partial charge in [-0.3, -0.25) is 4.79 Å². The van der Waals surface area contributed by atoms with Crippen LogP contribution in [0.4, 0.5) is 5.82 Å².